The molecule has 0 aromatic carbocycles. The van der Waals surface area contributed by atoms with E-state index in [0.29, 0.717) is 0 Å². The predicted octanol–water partition coefficient (Wildman–Crippen LogP) is 0.908. The smallest absolute Gasteiger partial charge is 0.239 e. The maximum Gasteiger partial charge on any atom is 0.239 e. The second kappa shape index (κ2) is 5.63. The van der Waals surface area contributed by atoms with Crippen molar-refractivity contribution in [1.82, 2.24) is 9.80 Å². The summed E-state index contributed by atoms with van der Waals surface area (Å²) in [7, 11) is 0. The Morgan fingerprint density at radius 1 is 1.18 bits per heavy atom. The van der Waals surface area contributed by atoms with Crippen LogP contribution in [0.2, 0.25) is 0 Å². The van der Waals surface area contributed by atoms with Crippen molar-refractivity contribution in [3.63, 3.8) is 0 Å². The molecule has 0 radical (unpaired) electrons. The van der Waals surface area contributed by atoms with Crippen molar-refractivity contribution in [2.45, 2.75) is 38.6 Å². The molecule has 0 saturated carbocycles. The summed E-state index contributed by atoms with van der Waals surface area (Å²) in [5.74, 6) is 0.479. The first-order valence-corrected chi connectivity index (χ1v) is 6.70. The first-order chi connectivity index (χ1) is 8.22. The Hall–Kier alpha value is -0.900. The lowest BCUT2D eigenvalue weighted by molar-refractivity contribution is -0.135. The molecule has 2 saturated heterocycles. The van der Waals surface area contributed by atoms with Crippen molar-refractivity contribution in [1.29, 1.82) is 0 Å². The van der Waals surface area contributed by atoms with Crippen LogP contribution in [0.4, 0.5) is 0 Å². The first kappa shape index (κ1) is 12.6. The number of nitrogens with zero attached hydrogens (tertiary/aromatic N) is 2. The summed E-state index contributed by atoms with van der Waals surface area (Å²) in [6, 6.07) is -0.0132. The summed E-state index contributed by atoms with van der Waals surface area (Å²) in [5, 5.41) is 0. The van der Waals surface area contributed by atoms with Gasteiger partial charge in [0, 0.05) is 19.0 Å². The molecule has 0 aliphatic carbocycles. The fraction of sp³-hybridized carbons (Fsp3) is 0.846. The van der Waals surface area contributed by atoms with Crippen LogP contribution in [0.3, 0.4) is 0 Å². The average Bonchev–Trinajstić information content (AvgIpc) is 2.91. The van der Waals surface area contributed by atoms with Gasteiger partial charge in [0.2, 0.25) is 5.91 Å². The Bertz CT molecular complexity index is 279. The Kier molecular flexibility index (Phi) is 4.15. The number of piperidine rings is 1. The quantitative estimate of drug-likeness (QED) is 0.686. The average molecular weight is 238 g/mol. The van der Waals surface area contributed by atoms with E-state index in [1.807, 2.05) is 11.8 Å². The van der Waals surface area contributed by atoms with Crippen molar-refractivity contribution in [3.05, 3.63) is 0 Å². The van der Waals surface area contributed by atoms with Crippen LogP contribution in [0.25, 0.3) is 0 Å². The minimum absolute atomic E-state index is 0.0132. The largest absolute Gasteiger partial charge is 0.341 e. The summed E-state index contributed by atoms with van der Waals surface area (Å²) >= 11 is 0. The highest BCUT2D eigenvalue weighted by Crippen LogP contribution is 2.19. The van der Waals surface area contributed by atoms with Crippen LogP contribution < -0.4 is 0 Å². The second-order valence-electron chi connectivity index (χ2n) is 5.22. The third-order valence-electron chi connectivity index (χ3n) is 4.09. The van der Waals surface area contributed by atoms with Gasteiger partial charge in [-0.1, -0.05) is 0 Å². The predicted molar refractivity (Wildman–Crippen MR) is 65.6 cm³/mol. The highest BCUT2D eigenvalue weighted by molar-refractivity contribution is 5.81. The van der Waals surface area contributed by atoms with E-state index in [4.69, 9.17) is 0 Å². The van der Waals surface area contributed by atoms with E-state index in [9.17, 15) is 9.59 Å². The zero-order valence-corrected chi connectivity index (χ0v) is 10.6. The normalized spacial score (nSPS) is 24.9. The first-order valence-electron chi connectivity index (χ1n) is 6.70. The molecule has 1 amide bonds. The van der Waals surface area contributed by atoms with Crippen LogP contribution in [-0.4, -0.2) is 54.2 Å². The van der Waals surface area contributed by atoms with Gasteiger partial charge in [0.05, 0.1) is 6.04 Å². The molecular weight excluding hydrogens is 216 g/mol. The van der Waals surface area contributed by atoms with Gasteiger partial charge in [0.25, 0.3) is 0 Å². The molecule has 0 spiro atoms. The third kappa shape index (κ3) is 2.86. The third-order valence-corrected chi connectivity index (χ3v) is 4.09. The number of carbonyl (C=O) groups is 2. The fourth-order valence-electron chi connectivity index (χ4n) is 2.80. The molecule has 2 aliphatic rings. The number of aldehydes is 1. The summed E-state index contributed by atoms with van der Waals surface area (Å²) in [5.41, 5.74) is 0. The standard InChI is InChI=1S/C13H22N2O2/c1-11(13(17)15-6-2-3-7-15)14-8-4-12(10-16)5-9-14/h10-12H,2-9H2,1H3. The van der Waals surface area contributed by atoms with Crippen molar-refractivity contribution in [2.24, 2.45) is 5.92 Å². The van der Waals surface area contributed by atoms with Gasteiger partial charge in [0.1, 0.15) is 6.29 Å². The number of carbonyl (C=O) groups excluding carboxylic acids is 2. The monoisotopic (exact) mass is 238 g/mol. The van der Waals surface area contributed by atoms with E-state index in [2.05, 4.69) is 4.90 Å². The zero-order valence-electron chi connectivity index (χ0n) is 10.6. The van der Waals surface area contributed by atoms with E-state index in [0.717, 1.165) is 58.1 Å². The molecule has 2 heterocycles. The Balaban J connectivity index is 1.85. The van der Waals surface area contributed by atoms with Gasteiger partial charge in [-0.15, -0.1) is 0 Å². The lowest BCUT2D eigenvalue weighted by atomic mass is 9.97. The molecule has 1 unspecified atom stereocenters. The highest BCUT2D eigenvalue weighted by atomic mass is 16.2. The van der Waals surface area contributed by atoms with E-state index < -0.39 is 0 Å². The number of hydrogen-bond donors (Lipinski definition) is 0. The molecular formula is C13H22N2O2. The van der Waals surface area contributed by atoms with Crippen molar-refractivity contribution in [3.8, 4) is 0 Å². The number of amides is 1. The maximum atomic E-state index is 12.2. The SMILES string of the molecule is CC(C(=O)N1CCCC1)N1CCC(C=O)CC1. The highest BCUT2D eigenvalue weighted by Gasteiger charge is 2.30. The number of hydrogen-bond acceptors (Lipinski definition) is 3. The van der Waals surface area contributed by atoms with E-state index in [1.54, 1.807) is 0 Å². The van der Waals surface area contributed by atoms with Gasteiger partial charge in [-0.05, 0) is 45.7 Å². The van der Waals surface area contributed by atoms with Crippen molar-refractivity contribution >= 4 is 12.2 Å². The number of likely N-dealkylation sites (tertiary alicyclic amines) is 2. The van der Waals surface area contributed by atoms with Crippen LogP contribution >= 0.6 is 0 Å². The topological polar surface area (TPSA) is 40.6 Å². The molecule has 0 bridgehead atoms. The minimum Gasteiger partial charge on any atom is -0.341 e. The van der Waals surface area contributed by atoms with Gasteiger partial charge in [-0.25, -0.2) is 0 Å². The number of rotatable bonds is 3. The van der Waals surface area contributed by atoms with E-state index in [-0.39, 0.29) is 17.9 Å². The summed E-state index contributed by atoms with van der Waals surface area (Å²) in [4.78, 5) is 27.1. The molecule has 1 atom stereocenters. The van der Waals surface area contributed by atoms with Crippen LogP contribution in [0.1, 0.15) is 32.6 Å². The van der Waals surface area contributed by atoms with Crippen LogP contribution in [0, 0.1) is 5.92 Å². The van der Waals surface area contributed by atoms with Gasteiger partial charge in [-0.3, -0.25) is 9.69 Å². The maximum absolute atomic E-state index is 12.2. The molecule has 0 aromatic rings. The molecule has 0 aromatic heterocycles. The van der Waals surface area contributed by atoms with Gasteiger partial charge in [0.15, 0.2) is 0 Å². The minimum atomic E-state index is -0.0132. The Morgan fingerprint density at radius 2 is 1.76 bits per heavy atom. The molecule has 2 fully saturated rings. The molecule has 4 heteroatoms. The second-order valence-corrected chi connectivity index (χ2v) is 5.22. The van der Waals surface area contributed by atoms with Crippen LogP contribution in [0.15, 0.2) is 0 Å². The molecule has 2 aliphatic heterocycles. The summed E-state index contributed by atoms with van der Waals surface area (Å²) in [6.07, 6.45) is 5.16. The molecule has 0 N–H and O–H groups in total. The lowest BCUT2D eigenvalue weighted by Gasteiger charge is -2.35. The molecule has 17 heavy (non-hydrogen) atoms. The molecule has 2 rings (SSSR count). The van der Waals surface area contributed by atoms with Gasteiger partial charge in [-0.2, -0.15) is 0 Å². The molecule has 4 nitrogen and oxygen atoms in total. The van der Waals surface area contributed by atoms with Crippen molar-refractivity contribution < 1.29 is 9.59 Å². The fourth-order valence-corrected chi connectivity index (χ4v) is 2.80. The van der Waals surface area contributed by atoms with Crippen molar-refractivity contribution in [2.75, 3.05) is 26.2 Å². The lowest BCUT2D eigenvalue weighted by Crippen LogP contribution is -2.49. The Morgan fingerprint density at radius 3 is 2.29 bits per heavy atom. The molecule has 96 valence electrons. The summed E-state index contributed by atoms with van der Waals surface area (Å²) < 4.78 is 0. The zero-order chi connectivity index (χ0) is 12.3. The van der Waals surface area contributed by atoms with E-state index in [1.165, 1.54) is 0 Å². The Labute approximate surface area is 103 Å². The van der Waals surface area contributed by atoms with Gasteiger partial charge < -0.3 is 9.69 Å². The van der Waals surface area contributed by atoms with Crippen LogP contribution in [-0.2, 0) is 9.59 Å². The van der Waals surface area contributed by atoms with E-state index >= 15 is 0 Å². The van der Waals surface area contributed by atoms with Crippen LogP contribution in [0.5, 0.6) is 0 Å². The summed E-state index contributed by atoms with van der Waals surface area (Å²) in [6.45, 7) is 5.61. The van der Waals surface area contributed by atoms with Gasteiger partial charge >= 0.3 is 0 Å².